The van der Waals surface area contributed by atoms with E-state index in [4.69, 9.17) is 0 Å². The van der Waals surface area contributed by atoms with Crippen LogP contribution in [0.2, 0.25) is 0 Å². The highest BCUT2D eigenvalue weighted by Gasteiger charge is 2.11. The van der Waals surface area contributed by atoms with Crippen LogP contribution in [0, 0.1) is 5.82 Å². The van der Waals surface area contributed by atoms with Crippen LogP contribution in [0.15, 0.2) is 56.6 Å². The van der Waals surface area contributed by atoms with Crippen LogP contribution in [-0.2, 0) is 6.54 Å². The third kappa shape index (κ3) is 2.11. The largest absolute Gasteiger partial charge is 0.422 e. The van der Waals surface area contributed by atoms with Gasteiger partial charge in [0.15, 0.2) is 0 Å². The third-order valence-electron chi connectivity index (χ3n) is 2.92. The Balaban J connectivity index is 2.25. The van der Waals surface area contributed by atoms with Gasteiger partial charge in [-0.2, -0.15) is 0 Å². The van der Waals surface area contributed by atoms with Crippen molar-refractivity contribution in [1.29, 1.82) is 0 Å². The average molecular weight is 272 g/mol. The highest BCUT2D eigenvalue weighted by molar-refractivity contribution is 5.77. The predicted molar refractivity (Wildman–Crippen MR) is 70.0 cm³/mol. The zero-order valence-corrected chi connectivity index (χ0v) is 10.2. The molecule has 0 N–H and O–H groups in total. The number of halogens is 1. The second-order valence-electron chi connectivity index (χ2n) is 4.22. The van der Waals surface area contributed by atoms with Crippen molar-refractivity contribution in [2.75, 3.05) is 0 Å². The van der Waals surface area contributed by atoms with E-state index in [1.807, 2.05) is 0 Å². The quantitative estimate of drug-likeness (QED) is 0.709. The zero-order valence-electron chi connectivity index (χ0n) is 10.2. The molecule has 5 nitrogen and oxygen atoms in total. The van der Waals surface area contributed by atoms with Gasteiger partial charge in [-0.1, -0.05) is 6.07 Å². The van der Waals surface area contributed by atoms with Crippen LogP contribution in [0.5, 0.6) is 0 Å². The summed E-state index contributed by atoms with van der Waals surface area (Å²) in [6, 6.07) is 8.91. The number of aromatic nitrogens is 2. The smallest absolute Gasteiger partial charge is 0.372 e. The number of benzene rings is 1. The highest BCUT2D eigenvalue weighted by Crippen LogP contribution is 2.11. The fraction of sp³-hybridized carbons (Fsp3) is 0.0714. The van der Waals surface area contributed by atoms with Gasteiger partial charge in [0.25, 0.3) is 0 Å². The molecule has 0 atom stereocenters. The van der Waals surface area contributed by atoms with Crippen LogP contribution >= 0.6 is 0 Å². The van der Waals surface area contributed by atoms with E-state index in [-0.39, 0.29) is 11.9 Å². The fourth-order valence-electron chi connectivity index (χ4n) is 2.00. The molecule has 3 rings (SSSR count). The molecule has 0 fully saturated rings. The Morgan fingerprint density at radius 3 is 2.80 bits per heavy atom. The van der Waals surface area contributed by atoms with Gasteiger partial charge in [0.2, 0.25) is 0 Å². The number of hydrogen-bond acceptors (Lipinski definition) is 4. The monoisotopic (exact) mass is 272 g/mol. The minimum atomic E-state index is -0.846. The molecule has 0 amide bonds. The summed E-state index contributed by atoms with van der Waals surface area (Å²) in [4.78, 5) is 27.5. The molecule has 0 aliphatic rings. The van der Waals surface area contributed by atoms with Crippen LogP contribution in [0.4, 0.5) is 4.39 Å². The van der Waals surface area contributed by atoms with E-state index >= 15 is 0 Å². The van der Waals surface area contributed by atoms with E-state index in [0.29, 0.717) is 11.2 Å². The summed E-state index contributed by atoms with van der Waals surface area (Å²) in [5.74, 6) is -1.35. The normalized spacial score (nSPS) is 10.8. The number of nitrogens with zero attached hydrogens (tertiary/aromatic N) is 2. The molecule has 0 saturated carbocycles. The standard InChI is InChI=1S/C14H9FN2O3/c15-9-4-5-12-11(7-9)13(18)20-14(19)17(12)8-10-3-1-2-6-16-10/h1-7H,8H2. The molecule has 0 bridgehead atoms. The SMILES string of the molecule is O=c1oc(=O)n(Cc2ccccn2)c2ccc(F)cc12. The summed E-state index contributed by atoms with van der Waals surface area (Å²) in [6.45, 7) is 0.144. The molecule has 2 aromatic heterocycles. The lowest BCUT2D eigenvalue weighted by Gasteiger charge is -2.07. The Kier molecular flexibility index (Phi) is 2.90. The molecule has 0 saturated heterocycles. The Morgan fingerprint density at radius 2 is 2.05 bits per heavy atom. The van der Waals surface area contributed by atoms with E-state index in [1.165, 1.54) is 16.7 Å². The van der Waals surface area contributed by atoms with Crippen molar-refractivity contribution in [1.82, 2.24) is 9.55 Å². The third-order valence-corrected chi connectivity index (χ3v) is 2.92. The van der Waals surface area contributed by atoms with Gasteiger partial charge in [-0.15, -0.1) is 0 Å². The lowest BCUT2D eigenvalue weighted by molar-refractivity contribution is 0.423. The summed E-state index contributed by atoms with van der Waals surface area (Å²) in [7, 11) is 0. The number of hydrogen-bond donors (Lipinski definition) is 0. The Morgan fingerprint density at radius 1 is 1.20 bits per heavy atom. The molecule has 6 heteroatoms. The maximum Gasteiger partial charge on any atom is 0.422 e. The van der Waals surface area contributed by atoms with Gasteiger partial charge in [-0.25, -0.2) is 14.0 Å². The number of rotatable bonds is 2. The van der Waals surface area contributed by atoms with Crippen molar-refractivity contribution in [3.8, 4) is 0 Å². The van der Waals surface area contributed by atoms with E-state index in [9.17, 15) is 14.0 Å². The second kappa shape index (κ2) is 4.73. The molecular formula is C14H9FN2O3. The van der Waals surface area contributed by atoms with Gasteiger partial charge in [0.05, 0.1) is 23.1 Å². The Labute approximate surface area is 111 Å². The van der Waals surface area contributed by atoms with Gasteiger partial charge in [0, 0.05) is 6.20 Å². The molecule has 3 aromatic rings. The van der Waals surface area contributed by atoms with E-state index in [1.54, 1.807) is 24.4 Å². The summed E-state index contributed by atoms with van der Waals surface area (Å²) in [5.41, 5.74) is 0.106. The lowest BCUT2D eigenvalue weighted by atomic mass is 10.2. The number of pyridine rings is 1. The van der Waals surface area contributed by atoms with E-state index in [0.717, 1.165) is 6.07 Å². The molecular weight excluding hydrogens is 263 g/mol. The van der Waals surface area contributed by atoms with Crippen LogP contribution in [-0.4, -0.2) is 9.55 Å². The van der Waals surface area contributed by atoms with Crippen LogP contribution < -0.4 is 11.4 Å². The minimum absolute atomic E-state index is 0.0283. The molecule has 0 aliphatic heterocycles. The average Bonchev–Trinajstić information content (AvgIpc) is 2.45. The first-order valence-electron chi connectivity index (χ1n) is 5.88. The van der Waals surface area contributed by atoms with Crippen molar-refractivity contribution in [3.63, 3.8) is 0 Å². The molecule has 0 spiro atoms. The summed E-state index contributed by atoms with van der Waals surface area (Å²) < 4.78 is 19.1. The maximum atomic E-state index is 13.2. The van der Waals surface area contributed by atoms with Crippen LogP contribution in [0.1, 0.15) is 5.69 Å². The van der Waals surface area contributed by atoms with Gasteiger partial charge in [0.1, 0.15) is 5.82 Å². The summed E-state index contributed by atoms with van der Waals surface area (Å²) >= 11 is 0. The van der Waals surface area contributed by atoms with Crippen LogP contribution in [0.3, 0.4) is 0 Å². The molecule has 20 heavy (non-hydrogen) atoms. The highest BCUT2D eigenvalue weighted by atomic mass is 19.1. The first-order valence-corrected chi connectivity index (χ1v) is 5.88. The molecule has 100 valence electrons. The van der Waals surface area contributed by atoms with E-state index < -0.39 is 17.2 Å². The molecule has 0 unspecified atom stereocenters. The Bertz CT molecular complexity index is 884. The van der Waals surface area contributed by atoms with Crippen molar-refractivity contribution in [3.05, 3.63) is 75.1 Å². The van der Waals surface area contributed by atoms with Crippen LogP contribution in [0.25, 0.3) is 10.9 Å². The van der Waals surface area contributed by atoms with Crippen molar-refractivity contribution >= 4 is 10.9 Å². The number of fused-ring (bicyclic) bond motifs is 1. The Hall–Kier alpha value is -2.76. The summed E-state index contributed by atoms with van der Waals surface area (Å²) in [6.07, 6.45) is 1.60. The van der Waals surface area contributed by atoms with E-state index in [2.05, 4.69) is 9.40 Å². The maximum absolute atomic E-state index is 13.2. The van der Waals surface area contributed by atoms with Crippen molar-refractivity contribution < 1.29 is 8.81 Å². The van der Waals surface area contributed by atoms with Gasteiger partial charge >= 0.3 is 11.4 Å². The molecule has 1 aromatic carbocycles. The predicted octanol–water partition coefficient (Wildman–Crippen LogP) is 1.54. The topological polar surface area (TPSA) is 65.1 Å². The first-order chi connectivity index (χ1) is 9.65. The molecule has 0 aliphatic carbocycles. The lowest BCUT2D eigenvalue weighted by Crippen LogP contribution is -2.25. The second-order valence-corrected chi connectivity index (χ2v) is 4.22. The van der Waals surface area contributed by atoms with Gasteiger partial charge < -0.3 is 4.42 Å². The summed E-state index contributed by atoms with van der Waals surface area (Å²) in [5, 5.41) is 0.0283. The first kappa shape index (κ1) is 12.3. The van der Waals surface area contributed by atoms with Gasteiger partial charge in [-0.3, -0.25) is 9.55 Å². The van der Waals surface area contributed by atoms with Crippen molar-refractivity contribution in [2.24, 2.45) is 0 Å². The molecule has 2 heterocycles. The minimum Gasteiger partial charge on any atom is -0.372 e. The van der Waals surface area contributed by atoms with Crippen molar-refractivity contribution in [2.45, 2.75) is 6.54 Å². The van der Waals surface area contributed by atoms with Gasteiger partial charge in [-0.05, 0) is 30.3 Å². The fourth-order valence-corrected chi connectivity index (χ4v) is 2.00. The molecule has 0 radical (unpaired) electrons. The zero-order chi connectivity index (χ0) is 14.1.